The highest BCUT2D eigenvalue weighted by atomic mass is 32.1. The number of carbonyl (C=O) groups is 1. The summed E-state index contributed by atoms with van der Waals surface area (Å²) in [5.74, 6) is 0.905. The maximum atomic E-state index is 12.8. The third-order valence-electron chi connectivity index (χ3n) is 4.95. The van der Waals surface area contributed by atoms with E-state index in [0.717, 1.165) is 27.6 Å². The first kappa shape index (κ1) is 19.2. The molecule has 0 saturated carbocycles. The second kappa shape index (κ2) is 8.45. The molecule has 0 aliphatic heterocycles. The van der Waals surface area contributed by atoms with Crippen LogP contribution >= 0.6 is 11.3 Å². The van der Waals surface area contributed by atoms with Crippen molar-refractivity contribution in [2.75, 3.05) is 7.11 Å². The molecule has 0 radical (unpaired) electrons. The quantitative estimate of drug-likeness (QED) is 0.357. The lowest BCUT2D eigenvalue weighted by Crippen LogP contribution is -2.05. The van der Waals surface area contributed by atoms with E-state index in [9.17, 15) is 4.79 Å². The number of carbonyl (C=O) groups excluding carboxylic acids is 1. The van der Waals surface area contributed by atoms with Gasteiger partial charge in [0, 0.05) is 23.7 Å². The van der Waals surface area contributed by atoms with Crippen LogP contribution in [-0.4, -0.2) is 22.7 Å². The van der Waals surface area contributed by atoms with Gasteiger partial charge in [-0.3, -0.25) is 4.79 Å². The number of para-hydroxylation sites is 1. The average Bonchev–Trinajstić information content (AvgIpc) is 3.44. The molecule has 4 rings (SSSR count). The van der Waals surface area contributed by atoms with Crippen LogP contribution in [0.15, 0.2) is 78.3 Å². The van der Waals surface area contributed by atoms with Gasteiger partial charge >= 0.3 is 0 Å². The summed E-state index contributed by atoms with van der Waals surface area (Å²) in [5, 5.41) is 6.90. The minimum absolute atomic E-state index is 0.0409. The molecule has 0 aliphatic rings. The van der Waals surface area contributed by atoms with E-state index in [-0.39, 0.29) is 11.7 Å². The van der Waals surface area contributed by atoms with Crippen LogP contribution in [0.2, 0.25) is 0 Å². The first-order valence-corrected chi connectivity index (χ1v) is 10.4. The predicted molar refractivity (Wildman–Crippen MR) is 117 cm³/mol. The lowest BCUT2D eigenvalue weighted by Gasteiger charge is -2.11. The molecule has 2 aromatic heterocycles. The van der Waals surface area contributed by atoms with Crippen molar-refractivity contribution in [3.63, 3.8) is 0 Å². The van der Waals surface area contributed by atoms with Crippen molar-refractivity contribution in [2.45, 2.75) is 19.3 Å². The minimum Gasteiger partial charge on any atom is -0.497 e. The first-order valence-electron chi connectivity index (χ1n) is 9.52. The molecule has 4 nitrogen and oxygen atoms in total. The number of ether oxygens (including phenoxy) is 1. The topological polar surface area (TPSA) is 44.1 Å². The molecule has 0 spiro atoms. The van der Waals surface area contributed by atoms with Crippen molar-refractivity contribution in [2.24, 2.45) is 0 Å². The fourth-order valence-electron chi connectivity index (χ4n) is 3.35. The summed E-state index contributed by atoms with van der Waals surface area (Å²) >= 11 is 1.66. The maximum absolute atomic E-state index is 12.8. The van der Waals surface area contributed by atoms with E-state index in [4.69, 9.17) is 9.84 Å². The van der Waals surface area contributed by atoms with Crippen molar-refractivity contribution in [3.05, 3.63) is 89.4 Å². The number of hydrogen-bond acceptors (Lipinski definition) is 4. The van der Waals surface area contributed by atoms with E-state index < -0.39 is 0 Å². The number of hydrogen-bond donors (Lipinski definition) is 0. The lowest BCUT2D eigenvalue weighted by atomic mass is 9.93. The van der Waals surface area contributed by atoms with E-state index in [1.54, 1.807) is 18.4 Å². The molecule has 0 saturated heterocycles. The van der Waals surface area contributed by atoms with Gasteiger partial charge in [-0.1, -0.05) is 31.2 Å². The lowest BCUT2D eigenvalue weighted by molar-refractivity contribution is 0.0975. The van der Waals surface area contributed by atoms with Crippen molar-refractivity contribution in [1.29, 1.82) is 0 Å². The summed E-state index contributed by atoms with van der Waals surface area (Å²) in [7, 11) is 1.62. The van der Waals surface area contributed by atoms with Crippen LogP contribution < -0.4 is 4.74 Å². The second-order valence-electron chi connectivity index (χ2n) is 6.95. The molecule has 0 aliphatic carbocycles. The van der Waals surface area contributed by atoms with Crippen LogP contribution in [0.1, 0.15) is 35.2 Å². The second-order valence-corrected chi connectivity index (χ2v) is 7.90. The average molecular weight is 403 g/mol. The number of benzene rings is 2. The maximum Gasteiger partial charge on any atom is 0.163 e. The highest BCUT2D eigenvalue weighted by Gasteiger charge is 2.21. The Bertz CT molecular complexity index is 1080. The molecular weight excluding hydrogens is 380 g/mol. The number of Topliss-reactive ketones (excluding diaryl/α,β-unsaturated/α-hetero) is 1. The molecule has 0 amide bonds. The Kier molecular flexibility index (Phi) is 5.58. The number of thiophene rings is 1. The molecule has 29 heavy (non-hydrogen) atoms. The number of aromatic nitrogens is 2. The van der Waals surface area contributed by atoms with Gasteiger partial charge in [-0.15, -0.1) is 11.3 Å². The Morgan fingerprint density at radius 1 is 1.07 bits per heavy atom. The van der Waals surface area contributed by atoms with Crippen LogP contribution in [-0.2, 0) is 0 Å². The van der Waals surface area contributed by atoms with Gasteiger partial charge in [0.05, 0.1) is 17.7 Å². The Morgan fingerprint density at radius 2 is 1.83 bits per heavy atom. The highest BCUT2D eigenvalue weighted by Crippen LogP contribution is 2.34. The van der Waals surface area contributed by atoms with Crippen LogP contribution in [0.5, 0.6) is 5.75 Å². The molecule has 0 bridgehead atoms. The summed E-state index contributed by atoms with van der Waals surface area (Å²) < 4.78 is 7.08. The Morgan fingerprint density at radius 3 is 2.48 bits per heavy atom. The monoisotopic (exact) mass is 402 g/mol. The van der Waals surface area contributed by atoms with Gasteiger partial charge < -0.3 is 4.74 Å². The van der Waals surface area contributed by atoms with Crippen LogP contribution in [0, 0.1) is 0 Å². The highest BCUT2D eigenvalue weighted by molar-refractivity contribution is 7.13. The van der Waals surface area contributed by atoms with E-state index >= 15 is 0 Å². The van der Waals surface area contributed by atoms with E-state index in [1.165, 1.54) is 0 Å². The van der Waals surface area contributed by atoms with Gasteiger partial charge in [0.2, 0.25) is 0 Å². The Hall–Kier alpha value is -3.18. The largest absolute Gasteiger partial charge is 0.497 e. The van der Waals surface area contributed by atoms with Gasteiger partial charge in [-0.2, -0.15) is 5.10 Å². The molecule has 5 heteroatoms. The zero-order valence-corrected chi connectivity index (χ0v) is 17.2. The standard InChI is InChI=1S/C24H22N2O2S/c1-17(15-22(27)18-10-12-20(28-2)13-11-18)21-16-26(19-7-4-3-5-8-19)25-24(21)23-9-6-14-29-23/h3-14,16-17H,15H2,1-2H3. The zero-order chi connectivity index (χ0) is 20.2. The third-order valence-corrected chi connectivity index (χ3v) is 5.83. The fraction of sp³-hybridized carbons (Fsp3) is 0.167. The van der Waals surface area contributed by atoms with Crippen molar-refractivity contribution in [1.82, 2.24) is 9.78 Å². The van der Waals surface area contributed by atoms with Gasteiger partial charge in [0.25, 0.3) is 0 Å². The fourth-order valence-corrected chi connectivity index (χ4v) is 4.08. The van der Waals surface area contributed by atoms with Crippen LogP contribution in [0.3, 0.4) is 0 Å². The zero-order valence-electron chi connectivity index (χ0n) is 16.4. The number of nitrogens with zero attached hydrogens (tertiary/aromatic N) is 2. The van der Waals surface area contributed by atoms with E-state index in [0.29, 0.717) is 12.0 Å². The predicted octanol–water partition coefficient (Wildman–Crippen LogP) is 5.99. The van der Waals surface area contributed by atoms with Gasteiger partial charge in [0.15, 0.2) is 5.78 Å². The Labute approximate surface area is 174 Å². The normalized spacial score (nSPS) is 11.9. The first-order chi connectivity index (χ1) is 14.2. The minimum atomic E-state index is 0.0409. The van der Waals surface area contributed by atoms with Gasteiger partial charge in [-0.05, 0) is 53.8 Å². The summed E-state index contributed by atoms with van der Waals surface area (Å²) in [6.45, 7) is 2.09. The van der Waals surface area contributed by atoms with Gasteiger partial charge in [0.1, 0.15) is 11.4 Å². The molecule has 4 aromatic rings. The molecule has 0 fully saturated rings. The Balaban J connectivity index is 1.63. The number of methoxy groups -OCH3 is 1. The molecule has 1 unspecified atom stereocenters. The summed E-state index contributed by atoms with van der Waals surface area (Å²) in [6, 6.07) is 21.4. The summed E-state index contributed by atoms with van der Waals surface area (Å²) in [4.78, 5) is 13.9. The van der Waals surface area contributed by atoms with Crippen LogP contribution in [0.4, 0.5) is 0 Å². The third kappa shape index (κ3) is 4.15. The van der Waals surface area contributed by atoms with E-state index in [1.807, 2.05) is 70.7 Å². The van der Waals surface area contributed by atoms with Crippen molar-refractivity contribution in [3.8, 4) is 22.0 Å². The van der Waals surface area contributed by atoms with E-state index in [2.05, 4.69) is 19.2 Å². The molecule has 146 valence electrons. The number of ketones is 1. The van der Waals surface area contributed by atoms with Crippen molar-refractivity contribution >= 4 is 17.1 Å². The summed E-state index contributed by atoms with van der Waals surface area (Å²) in [6.07, 6.45) is 2.47. The van der Waals surface area contributed by atoms with Gasteiger partial charge in [-0.25, -0.2) is 4.68 Å². The number of rotatable bonds is 7. The molecular formula is C24H22N2O2S. The molecule has 0 N–H and O–H groups in total. The van der Waals surface area contributed by atoms with Crippen LogP contribution in [0.25, 0.3) is 16.3 Å². The SMILES string of the molecule is COc1ccc(C(=O)CC(C)c2cn(-c3ccccc3)nc2-c2cccs2)cc1. The van der Waals surface area contributed by atoms with Crippen molar-refractivity contribution < 1.29 is 9.53 Å². The molecule has 2 aromatic carbocycles. The summed E-state index contributed by atoms with van der Waals surface area (Å²) in [5.41, 5.74) is 3.73. The molecule has 1 atom stereocenters. The molecule has 2 heterocycles. The smallest absolute Gasteiger partial charge is 0.163 e.